The maximum absolute atomic E-state index is 6.66. The minimum absolute atomic E-state index is 0.666. The Hall–Kier alpha value is -2.27. The fourth-order valence-electron chi connectivity index (χ4n) is 4.75. The van der Waals surface area contributed by atoms with Gasteiger partial charge in [0.25, 0.3) is 0 Å². The summed E-state index contributed by atoms with van der Waals surface area (Å²) in [6.45, 7) is 6.50. The van der Waals surface area contributed by atoms with Gasteiger partial charge in [0, 0.05) is 29.9 Å². The molecule has 3 aromatic rings. The van der Waals surface area contributed by atoms with Crippen LogP contribution in [0.3, 0.4) is 0 Å². The van der Waals surface area contributed by atoms with Crippen LogP contribution in [0.15, 0.2) is 18.2 Å². The first-order valence-electron chi connectivity index (χ1n) is 11.1. The molecule has 30 heavy (non-hydrogen) atoms. The fourth-order valence-corrected chi connectivity index (χ4v) is 5.01. The molecule has 0 unspecified atom stereocenters. The second-order valence-corrected chi connectivity index (χ2v) is 9.05. The average molecular weight is 425 g/mol. The summed E-state index contributed by atoms with van der Waals surface area (Å²) in [6.07, 6.45) is 7.13. The number of rotatable bonds is 7. The molecular weight excluding hydrogens is 396 g/mol. The summed E-state index contributed by atoms with van der Waals surface area (Å²) < 4.78 is 7.44. The predicted octanol–water partition coefficient (Wildman–Crippen LogP) is 5.48. The van der Waals surface area contributed by atoms with Crippen LogP contribution in [0.1, 0.15) is 49.6 Å². The van der Waals surface area contributed by atoms with Gasteiger partial charge in [-0.25, -0.2) is 4.98 Å². The molecule has 0 N–H and O–H groups in total. The molecule has 2 aliphatic rings. The van der Waals surface area contributed by atoms with Crippen molar-refractivity contribution in [2.75, 3.05) is 25.1 Å². The molecule has 0 saturated heterocycles. The number of methoxy groups -OCH3 is 1. The molecule has 0 radical (unpaired) electrons. The topological polar surface area (TPSA) is 42.7 Å². The van der Waals surface area contributed by atoms with Crippen LogP contribution in [0.2, 0.25) is 5.02 Å². The van der Waals surface area contributed by atoms with Crippen molar-refractivity contribution in [2.24, 2.45) is 5.92 Å². The van der Waals surface area contributed by atoms with Gasteiger partial charge in [-0.3, -0.25) is 0 Å². The van der Waals surface area contributed by atoms with Crippen molar-refractivity contribution in [1.82, 2.24) is 14.6 Å². The second-order valence-electron chi connectivity index (χ2n) is 8.65. The van der Waals surface area contributed by atoms with Crippen molar-refractivity contribution in [1.29, 1.82) is 0 Å². The molecule has 0 bridgehead atoms. The fraction of sp³-hybridized carbons (Fsp3) is 0.500. The molecule has 2 aliphatic carbocycles. The van der Waals surface area contributed by atoms with E-state index in [9.17, 15) is 0 Å². The van der Waals surface area contributed by atoms with E-state index in [-0.39, 0.29) is 0 Å². The van der Waals surface area contributed by atoms with Crippen molar-refractivity contribution in [3.05, 3.63) is 40.2 Å². The summed E-state index contributed by atoms with van der Waals surface area (Å²) in [4.78, 5) is 7.69. The van der Waals surface area contributed by atoms with Gasteiger partial charge in [-0.15, -0.1) is 0 Å². The Kier molecular flexibility index (Phi) is 5.10. The van der Waals surface area contributed by atoms with Gasteiger partial charge in [-0.05, 0) is 69.6 Å². The summed E-state index contributed by atoms with van der Waals surface area (Å²) in [7, 11) is 1.66. The van der Waals surface area contributed by atoms with E-state index < -0.39 is 0 Å². The Morgan fingerprint density at radius 1 is 1.27 bits per heavy atom. The third-order valence-corrected chi connectivity index (χ3v) is 6.66. The quantitative estimate of drug-likeness (QED) is 0.503. The summed E-state index contributed by atoms with van der Waals surface area (Å²) in [5.41, 5.74) is 6.51. The van der Waals surface area contributed by atoms with Crippen LogP contribution in [0.25, 0.3) is 16.8 Å². The third kappa shape index (κ3) is 3.33. The monoisotopic (exact) mass is 424 g/mol. The number of hydrogen-bond donors (Lipinski definition) is 0. The van der Waals surface area contributed by atoms with Crippen molar-refractivity contribution in [2.45, 2.75) is 52.4 Å². The van der Waals surface area contributed by atoms with Crippen molar-refractivity contribution in [3.63, 3.8) is 0 Å². The lowest BCUT2D eigenvalue weighted by Gasteiger charge is -2.27. The minimum atomic E-state index is 0.666. The van der Waals surface area contributed by atoms with E-state index in [1.165, 1.54) is 36.3 Å². The third-order valence-electron chi connectivity index (χ3n) is 6.35. The number of halogens is 1. The zero-order valence-corrected chi connectivity index (χ0v) is 18.8. The highest BCUT2D eigenvalue weighted by Crippen LogP contribution is 2.40. The number of aryl methyl sites for hydroxylation is 2. The maximum atomic E-state index is 6.66. The normalized spacial score (nSPS) is 15.6. The van der Waals surface area contributed by atoms with E-state index in [1.54, 1.807) is 7.11 Å². The number of anilines is 1. The molecular formula is C24H29ClN4O. The van der Waals surface area contributed by atoms with Gasteiger partial charge in [0.2, 0.25) is 0 Å². The number of ether oxygens (including phenoxy) is 1. The van der Waals surface area contributed by atoms with Crippen LogP contribution in [0, 0.1) is 12.8 Å². The smallest absolute Gasteiger partial charge is 0.165 e. The molecule has 6 heteroatoms. The van der Waals surface area contributed by atoms with Gasteiger partial charge in [-0.1, -0.05) is 18.5 Å². The van der Waals surface area contributed by atoms with Crippen LogP contribution in [0.4, 0.5) is 5.82 Å². The zero-order chi connectivity index (χ0) is 20.8. The Bertz CT molecular complexity index is 1100. The highest BCUT2D eigenvalue weighted by atomic mass is 35.5. The number of fused-ring (bicyclic) bond motifs is 2. The van der Waals surface area contributed by atoms with Crippen LogP contribution < -0.4 is 9.64 Å². The molecule has 5 nitrogen and oxygen atoms in total. The lowest BCUT2D eigenvalue weighted by atomic mass is 10.1. The predicted molar refractivity (Wildman–Crippen MR) is 122 cm³/mol. The Morgan fingerprint density at radius 2 is 2.10 bits per heavy atom. The van der Waals surface area contributed by atoms with E-state index in [2.05, 4.69) is 23.3 Å². The minimum Gasteiger partial charge on any atom is -0.497 e. The number of hydrogen-bond acceptors (Lipinski definition) is 4. The van der Waals surface area contributed by atoms with Crippen molar-refractivity contribution >= 4 is 23.1 Å². The highest BCUT2D eigenvalue weighted by molar-refractivity contribution is 6.33. The van der Waals surface area contributed by atoms with E-state index in [4.69, 9.17) is 26.4 Å². The maximum Gasteiger partial charge on any atom is 0.165 e. The standard InChI is InChI=1S/C24H29ClN4O/c1-4-12-28(14-16-8-9-16)24-19-6-5-7-21(19)26-23-22(15(2)27-29(23)24)18-11-10-17(30-3)13-20(18)25/h10-11,13,16H,4-9,12,14H2,1-3H3. The second kappa shape index (κ2) is 7.77. The molecule has 0 aliphatic heterocycles. The Labute approximate surface area is 183 Å². The van der Waals surface area contributed by atoms with Gasteiger partial charge < -0.3 is 9.64 Å². The van der Waals surface area contributed by atoms with Crippen LogP contribution in [0.5, 0.6) is 5.75 Å². The molecule has 2 aromatic heterocycles. The van der Waals surface area contributed by atoms with E-state index in [1.807, 2.05) is 18.2 Å². The number of benzene rings is 1. The molecule has 158 valence electrons. The average Bonchev–Trinajstić information content (AvgIpc) is 3.32. The van der Waals surface area contributed by atoms with Gasteiger partial charge in [0.15, 0.2) is 5.65 Å². The molecule has 1 fully saturated rings. The van der Waals surface area contributed by atoms with Crippen LogP contribution >= 0.6 is 11.6 Å². The summed E-state index contributed by atoms with van der Waals surface area (Å²) in [5.74, 6) is 2.84. The lowest BCUT2D eigenvalue weighted by molar-refractivity contribution is 0.415. The highest BCUT2D eigenvalue weighted by Gasteiger charge is 2.30. The Morgan fingerprint density at radius 3 is 2.80 bits per heavy atom. The van der Waals surface area contributed by atoms with E-state index in [0.29, 0.717) is 5.02 Å². The lowest BCUT2D eigenvalue weighted by Crippen LogP contribution is -2.30. The molecule has 0 amide bonds. The van der Waals surface area contributed by atoms with Gasteiger partial charge in [0.1, 0.15) is 11.6 Å². The van der Waals surface area contributed by atoms with Crippen LogP contribution in [-0.4, -0.2) is 34.8 Å². The number of aromatic nitrogens is 3. The zero-order valence-electron chi connectivity index (χ0n) is 18.0. The Balaban J connectivity index is 1.73. The van der Waals surface area contributed by atoms with Gasteiger partial charge in [-0.2, -0.15) is 9.61 Å². The summed E-state index contributed by atoms with van der Waals surface area (Å²) in [5, 5.41) is 5.67. The first kappa shape index (κ1) is 19.7. The first-order valence-corrected chi connectivity index (χ1v) is 11.5. The molecule has 0 atom stereocenters. The van der Waals surface area contributed by atoms with Crippen molar-refractivity contribution < 1.29 is 4.74 Å². The van der Waals surface area contributed by atoms with E-state index in [0.717, 1.165) is 66.5 Å². The van der Waals surface area contributed by atoms with Crippen LogP contribution in [-0.2, 0) is 12.8 Å². The SMILES string of the molecule is CCCN(CC1CC1)c1c2c(nc3c(-c4ccc(OC)cc4Cl)c(C)nn13)CCC2. The summed E-state index contributed by atoms with van der Waals surface area (Å²) >= 11 is 6.66. The molecule has 2 heterocycles. The first-order chi connectivity index (χ1) is 14.6. The van der Waals surface area contributed by atoms with Gasteiger partial charge >= 0.3 is 0 Å². The van der Waals surface area contributed by atoms with Gasteiger partial charge in [0.05, 0.1) is 23.4 Å². The van der Waals surface area contributed by atoms with Crippen molar-refractivity contribution in [3.8, 4) is 16.9 Å². The molecule has 5 rings (SSSR count). The summed E-state index contributed by atoms with van der Waals surface area (Å²) in [6, 6.07) is 5.84. The molecule has 1 saturated carbocycles. The largest absolute Gasteiger partial charge is 0.497 e. The van der Waals surface area contributed by atoms with E-state index >= 15 is 0 Å². The molecule has 0 spiro atoms. The number of nitrogens with zero attached hydrogens (tertiary/aromatic N) is 4. The molecule has 1 aromatic carbocycles.